The molecule has 2 rings (SSSR count). The fourth-order valence-electron chi connectivity index (χ4n) is 2.44. The van der Waals surface area contributed by atoms with Crippen molar-refractivity contribution >= 4 is 5.97 Å². The molecular formula is C18H16F3O4-. The number of hydrogen-bond acceptors (Lipinski definition) is 4. The number of rotatable bonds is 6. The van der Waals surface area contributed by atoms with Crippen LogP contribution in [0.2, 0.25) is 0 Å². The maximum absolute atomic E-state index is 12.6. The summed E-state index contributed by atoms with van der Waals surface area (Å²) in [4.78, 5) is 11.4. The SMILES string of the molecule is COc1ccc(C(O)C(Cc2ccc(C(F)(F)F)cc2)C(=O)[O-])cc1. The van der Waals surface area contributed by atoms with Gasteiger partial charge in [-0.05, 0) is 41.8 Å². The maximum atomic E-state index is 12.6. The van der Waals surface area contributed by atoms with Crippen LogP contribution in [0, 0.1) is 5.92 Å². The van der Waals surface area contributed by atoms with Gasteiger partial charge in [-0.1, -0.05) is 24.3 Å². The van der Waals surface area contributed by atoms with Crippen LogP contribution in [0.4, 0.5) is 13.2 Å². The van der Waals surface area contributed by atoms with Crippen LogP contribution in [0.3, 0.4) is 0 Å². The summed E-state index contributed by atoms with van der Waals surface area (Å²) in [6.07, 6.45) is -5.99. The topological polar surface area (TPSA) is 69.6 Å². The minimum absolute atomic E-state index is 0.159. The highest BCUT2D eigenvalue weighted by molar-refractivity contribution is 5.69. The van der Waals surface area contributed by atoms with Crippen molar-refractivity contribution in [2.24, 2.45) is 5.92 Å². The van der Waals surface area contributed by atoms with E-state index in [4.69, 9.17) is 4.74 Å². The molecule has 0 aliphatic heterocycles. The van der Waals surface area contributed by atoms with Crippen LogP contribution in [-0.4, -0.2) is 18.2 Å². The van der Waals surface area contributed by atoms with E-state index < -0.39 is 29.7 Å². The standard InChI is InChI=1S/C18H17F3O4/c1-25-14-8-4-12(5-9-14)16(22)15(17(23)24)10-11-2-6-13(7-3-11)18(19,20)21/h2-9,15-16,22H,10H2,1H3,(H,23,24)/p-1. The summed E-state index contributed by atoms with van der Waals surface area (Å²) in [6.45, 7) is 0. The van der Waals surface area contributed by atoms with Crippen molar-refractivity contribution in [3.63, 3.8) is 0 Å². The van der Waals surface area contributed by atoms with Gasteiger partial charge in [-0.3, -0.25) is 0 Å². The Morgan fingerprint density at radius 1 is 1.12 bits per heavy atom. The lowest BCUT2D eigenvalue weighted by atomic mass is 9.89. The third kappa shape index (κ3) is 4.73. The second-order valence-corrected chi connectivity index (χ2v) is 5.54. The van der Waals surface area contributed by atoms with Gasteiger partial charge in [-0.15, -0.1) is 0 Å². The molecule has 134 valence electrons. The van der Waals surface area contributed by atoms with Crippen LogP contribution in [0.1, 0.15) is 22.8 Å². The Balaban J connectivity index is 2.18. The number of hydrogen-bond donors (Lipinski definition) is 1. The van der Waals surface area contributed by atoms with Gasteiger partial charge in [0.1, 0.15) is 5.75 Å². The predicted molar refractivity (Wildman–Crippen MR) is 81.6 cm³/mol. The van der Waals surface area contributed by atoms with E-state index in [1.54, 1.807) is 12.1 Å². The number of aliphatic hydroxyl groups is 1. The molecule has 0 aliphatic carbocycles. The zero-order chi connectivity index (χ0) is 18.6. The van der Waals surface area contributed by atoms with Crippen LogP contribution in [0.15, 0.2) is 48.5 Å². The highest BCUT2D eigenvalue weighted by Crippen LogP contribution is 2.31. The number of alkyl halides is 3. The monoisotopic (exact) mass is 353 g/mol. The first-order valence-corrected chi connectivity index (χ1v) is 7.41. The molecule has 0 aromatic heterocycles. The molecule has 0 saturated heterocycles. The lowest BCUT2D eigenvalue weighted by molar-refractivity contribution is -0.314. The smallest absolute Gasteiger partial charge is 0.416 e. The molecule has 0 spiro atoms. The summed E-state index contributed by atoms with van der Waals surface area (Å²) in [5, 5.41) is 21.7. The molecule has 7 heteroatoms. The molecule has 4 nitrogen and oxygen atoms in total. The Morgan fingerprint density at radius 2 is 1.68 bits per heavy atom. The quantitative estimate of drug-likeness (QED) is 0.866. The Morgan fingerprint density at radius 3 is 2.12 bits per heavy atom. The highest BCUT2D eigenvalue weighted by atomic mass is 19.4. The summed E-state index contributed by atoms with van der Waals surface area (Å²) in [6, 6.07) is 10.3. The van der Waals surface area contributed by atoms with E-state index in [0.29, 0.717) is 16.9 Å². The minimum Gasteiger partial charge on any atom is -0.550 e. The summed E-state index contributed by atoms with van der Waals surface area (Å²) in [5.74, 6) is -2.24. The molecule has 2 unspecified atom stereocenters. The molecule has 0 fully saturated rings. The maximum Gasteiger partial charge on any atom is 0.416 e. The van der Waals surface area contributed by atoms with Crippen molar-refractivity contribution in [1.29, 1.82) is 0 Å². The van der Waals surface area contributed by atoms with Crippen LogP contribution < -0.4 is 9.84 Å². The molecule has 2 aromatic rings. The zero-order valence-electron chi connectivity index (χ0n) is 13.3. The van der Waals surface area contributed by atoms with Crippen molar-refractivity contribution in [3.05, 3.63) is 65.2 Å². The van der Waals surface area contributed by atoms with E-state index in [1.165, 1.54) is 31.4 Å². The van der Waals surface area contributed by atoms with Crippen molar-refractivity contribution < 1.29 is 32.9 Å². The molecule has 0 aliphatic rings. The number of aliphatic carboxylic acids is 1. The highest BCUT2D eigenvalue weighted by Gasteiger charge is 2.30. The fourth-order valence-corrected chi connectivity index (χ4v) is 2.44. The second kappa shape index (κ2) is 7.57. The number of carbonyl (C=O) groups is 1. The molecule has 0 heterocycles. The third-order valence-electron chi connectivity index (χ3n) is 3.88. The van der Waals surface area contributed by atoms with Crippen molar-refractivity contribution in [2.45, 2.75) is 18.7 Å². The molecule has 0 saturated carbocycles. The molecule has 0 radical (unpaired) electrons. The van der Waals surface area contributed by atoms with Crippen LogP contribution in [0.5, 0.6) is 5.75 Å². The average Bonchev–Trinajstić information content (AvgIpc) is 2.58. The van der Waals surface area contributed by atoms with Gasteiger partial charge in [-0.25, -0.2) is 0 Å². The van der Waals surface area contributed by atoms with Gasteiger partial charge in [0.05, 0.1) is 18.8 Å². The van der Waals surface area contributed by atoms with E-state index in [0.717, 1.165) is 12.1 Å². The first-order valence-electron chi connectivity index (χ1n) is 7.41. The van der Waals surface area contributed by atoms with Gasteiger partial charge in [-0.2, -0.15) is 13.2 Å². The van der Waals surface area contributed by atoms with Gasteiger partial charge in [0.15, 0.2) is 0 Å². The van der Waals surface area contributed by atoms with E-state index in [2.05, 4.69) is 0 Å². The second-order valence-electron chi connectivity index (χ2n) is 5.54. The Bertz CT molecular complexity index is 709. The lowest BCUT2D eigenvalue weighted by Crippen LogP contribution is -2.36. The lowest BCUT2D eigenvalue weighted by Gasteiger charge is -2.24. The fraction of sp³-hybridized carbons (Fsp3) is 0.278. The number of aliphatic hydroxyl groups excluding tert-OH is 1. The zero-order valence-corrected chi connectivity index (χ0v) is 13.3. The first-order chi connectivity index (χ1) is 11.7. The summed E-state index contributed by atoms with van der Waals surface area (Å²) >= 11 is 0. The predicted octanol–water partition coefficient (Wildman–Crippen LogP) is 2.36. The third-order valence-corrected chi connectivity index (χ3v) is 3.88. The molecule has 1 N–H and O–H groups in total. The average molecular weight is 353 g/mol. The Labute approximate surface area is 142 Å². The Kier molecular flexibility index (Phi) is 5.69. The largest absolute Gasteiger partial charge is 0.550 e. The van der Waals surface area contributed by atoms with Gasteiger partial charge in [0, 0.05) is 11.9 Å². The van der Waals surface area contributed by atoms with Crippen LogP contribution in [0.25, 0.3) is 0 Å². The van der Waals surface area contributed by atoms with Crippen molar-refractivity contribution in [1.82, 2.24) is 0 Å². The van der Waals surface area contributed by atoms with Gasteiger partial charge in [0.2, 0.25) is 0 Å². The van der Waals surface area contributed by atoms with Crippen LogP contribution in [-0.2, 0) is 17.4 Å². The van der Waals surface area contributed by atoms with E-state index in [1.807, 2.05) is 0 Å². The van der Waals surface area contributed by atoms with Gasteiger partial charge >= 0.3 is 6.18 Å². The molecule has 0 amide bonds. The Hall–Kier alpha value is -2.54. The number of ether oxygens (including phenoxy) is 1. The molecule has 0 bridgehead atoms. The molecule has 2 aromatic carbocycles. The molecule has 25 heavy (non-hydrogen) atoms. The minimum atomic E-state index is -4.46. The number of carboxylic acids is 1. The number of benzene rings is 2. The number of halogens is 3. The normalized spacial score (nSPS) is 14.0. The number of carboxylic acid groups (broad SMARTS) is 1. The molecular weight excluding hydrogens is 337 g/mol. The summed E-state index contributed by atoms with van der Waals surface area (Å²) in [5.41, 5.74) is -0.117. The van der Waals surface area contributed by atoms with E-state index in [-0.39, 0.29) is 6.42 Å². The van der Waals surface area contributed by atoms with Gasteiger partial charge < -0.3 is 19.7 Å². The molecule has 2 atom stereocenters. The summed E-state index contributed by atoms with van der Waals surface area (Å²) in [7, 11) is 1.47. The van der Waals surface area contributed by atoms with Crippen molar-refractivity contribution in [2.75, 3.05) is 7.11 Å². The van der Waals surface area contributed by atoms with E-state index >= 15 is 0 Å². The first kappa shape index (κ1) is 18.8. The van der Waals surface area contributed by atoms with Crippen LogP contribution >= 0.6 is 0 Å². The number of methoxy groups -OCH3 is 1. The van der Waals surface area contributed by atoms with Crippen molar-refractivity contribution in [3.8, 4) is 5.75 Å². The van der Waals surface area contributed by atoms with E-state index in [9.17, 15) is 28.2 Å². The van der Waals surface area contributed by atoms with Gasteiger partial charge in [0.25, 0.3) is 0 Å². The summed E-state index contributed by atoms with van der Waals surface area (Å²) < 4.78 is 42.7. The number of carbonyl (C=O) groups excluding carboxylic acids is 1.